The molecule has 0 radical (unpaired) electrons. The van der Waals surface area contributed by atoms with E-state index in [4.69, 9.17) is 4.52 Å². The minimum atomic E-state index is -0.162. The number of likely N-dealkylation sites (tertiary alicyclic amines) is 1. The van der Waals surface area contributed by atoms with Crippen molar-refractivity contribution in [3.63, 3.8) is 0 Å². The summed E-state index contributed by atoms with van der Waals surface area (Å²) in [6.45, 7) is 4.71. The van der Waals surface area contributed by atoms with Gasteiger partial charge in [-0.15, -0.1) is 0 Å². The SMILES string of the molecule is CC(=O)Nc1cccc(C(=O)N2CCC(c3nc(-c4ccccc4C)no3)CC2)c1. The summed E-state index contributed by atoms with van der Waals surface area (Å²) in [4.78, 5) is 30.6. The Morgan fingerprint density at radius 1 is 1.10 bits per heavy atom. The van der Waals surface area contributed by atoms with Crippen molar-refractivity contribution in [3.8, 4) is 11.4 Å². The Labute approximate surface area is 175 Å². The van der Waals surface area contributed by atoms with Crippen LogP contribution in [0.1, 0.15) is 47.5 Å². The maximum absolute atomic E-state index is 12.9. The molecule has 2 heterocycles. The number of nitrogens with zero attached hydrogens (tertiary/aromatic N) is 3. The highest BCUT2D eigenvalue weighted by Crippen LogP contribution is 2.30. The average Bonchev–Trinajstić information content (AvgIpc) is 3.23. The smallest absolute Gasteiger partial charge is 0.253 e. The fourth-order valence-electron chi connectivity index (χ4n) is 3.78. The van der Waals surface area contributed by atoms with Crippen LogP contribution in [-0.2, 0) is 4.79 Å². The molecule has 1 aliphatic heterocycles. The molecule has 7 heteroatoms. The summed E-state index contributed by atoms with van der Waals surface area (Å²) in [6.07, 6.45) is 1.54. The number of piperidine rings is 1. The zero-order valence-corrected chi connectivity index (χ0v) is 17.1. The number of anilines is 1. The van der Waals surface area contributed by atoms with Crippen molar-refractivity contribution in [1.82, 2.24) is 15.0 Å². The Hall–Kier alpha value is -3.48. The molecular formula is C23H24N4O3. The van der Waals surface area contributed by atoms with E-state index in [2.05, 4.69) is 15.5 Å². The van der Waals surface area contributed by atoms with Crippen LogP contribution in [-0.4, -0.2) is 39.9 Å². The van der Waals surface area contributed by atoms with Crippen molar-refractivity contribution < 1.29 is 14.1 Å². The standard InChI is InChI=1S/C23H24N4O3/c1-15-6-3-4-9-20(15)21-25-22(30-26-21)17-10-12-27(13-11-17)23(29)18-7-5-8-19(14-18)24-16(2)28/h3-9,14,17H,10-13H2,1-2H3,(H,24,28). The number of aryl methyl sites for hydroxylation is 1. The van der Waals surface area contributed by atoms with Gasteiger partial charge in [0, 0.05) is 42.7 Å². The maximum Gasteiger partial charge on any atom is 0.253 e. The molecule has 1 saturated heterocycles. The lowest BCUT2D eigenvalue weighted by molar-refractivity contribution is -0.114. The molecule has 1 N–H and O–H groups in total. The Morgan fingerprint density at radius 3 is 2.60 bits per heavy atom. The van der Waals surface area contributed by atoms with Crippen molar-refractivity contribution in [2.75, 3.05) is 18.4 Å². The molecule has 1 aromatic heterocycles. The summed E-state index contributed by atoms with van der Waals surface area (Å²) in [5.41, 5.74) is 3.27. The highest BCUT2D eigenvalue weighted by atomic mass is 16.5. The van der Waals surface area contributed by atoms with Crippen molar-refractivity contribution in [2.24, 2.45) is 0 Å². The largest absolute Gasteiger partial charge is 0.339 e. The third-order valence-electron chi connectivity index (χ3n) is 5.39. The second kappa shape index (κ2) is 8.49. The number of rotatable bonds is 4. The van der Waals surface area contributed by atoms with Gasteiger partial charge in [0.2, 0.25) is 17.6 Å². The molecule has 3 aromatic rings. The number of carbonyl (C=O) groups is 2. The molecule has 0 atom stereocenters. The van der Waals surface area contributed by atoms with Crippen LogP contribution >= 0.6 is 0 Å². The highest BCUT2D eigenvalue weighted by molar-refractivity contribution is 5.96. The van der Waals surface area contributed by atoms with E-state index in [1.54, 1.807) is 24.3 Å². The van der Waals surface area contributed by atoms with Crippen LogP contribution in [0.4, 0.5) is 5.69 Å². The van der Waals surface area contributed by atoms with Gasteiger partial charge in [0.25, 0.3) is 5.91 Å². The van der Waals surface area contributed by atoms with E-state index >= 15 is 0 Å². The second-order valence-electron chi connectivity index (χ2n) is 7.60. The lowest BCUT2D eigenvalue weighted by Crippen LogP contribution is -2.38. The first-order chi connectivity index (χ1) is 14.5. The van der Waals surface area contributed by atoms with Gasteiger partial charge in [-0.2, -0.15) is 4.98 Å². The molecular weight excluding hydrogens is 380 g/mol. The molecule has 1 aliphatic rings. The molecule has 0 bridgehead atoms. The minimum Gasteiger partial charge on any atom is -0.339 e. The van der Waals surface area contributed by atoms with Crippen LogP contribution in [0.3, 0.4) is 0 Å². The normalized spacial score (nSPS) is 14.5. The highest BCUT2D eigenvalue weighted by Gasteiger charge is 2.28. The molecule has 7 nitrogen and oxygen atoms in total. The summed E-state index contributed by atoms with van der Waals surface area (Å²) in [7, 11) is 0. The summed E-state index contributed by atoms with van der Waals surface area (Å²) in [5, 5.41) is 6.87. The van der Waals surface area contributed by atoms with Gasteiger partial charge >= 0.3 is 0 Å². The van der Waals surface area contributed by atoms with Gasteiger partial charge in [0.1, 0.15) is 0 Å². The fraction of sp³-hybridized carbons (Fsp3) is 0.304. The summed E-state index contributed by atoms with van der Waals surface area (Å²) in [6, 6.07) is 15.0. The topological polar surface area (TPSA) is 88.3 Å². The van der Waals surface area contributed by atoms with Crippen molar-refractivity contribution in [2.45, 2.75) is 32.6 Å². The van der Waals surface area contributed by atoms with E-state index in [1.807, 2.05) is 36.1 Å². The van der Waals surface area contributed by atoms with Gasteiger partial charge in [-0.05, 0) is 43.5 Å². The number of nitrogens with one attached hydrogen (secondary N) is 1. The Bertz CT molecular complexity index is 1070. The first-order valence-electron chi connectivity index (χ1n) is 10.1. The molecule has 2 aromatic carbocycles. The molecule has 2 amide bonds. The van der Waals surface area contributed by atoms with Crippen LogP contribution in [0.2, 0.25) is 0 Å². The van der Waals surface area contributed by atoms with E-state index in [0.29, 0.717) is 36.1 Å². The van der Waals surface area contributed by atoms with Crippen LogP contribution in [0.15, 0.2) is 53.1 Å². The van der Waals surface area contributed by atoms with Gasteiger partial charge in [-0.3, -0.25) is 9.59 Å². The molecule has 154 valence electrons. The van der Waals surface area contributed by atoms with E-state index < -0.39 is 0 Å². The second-order valence-corrected chi connectivity index (χ2v) is 7.60. The number of hydrogen-bond donors (Lipinski definition) is 1. The van der Waals surface area contributed by atoms with Crippen molar-refractivity contribution in [1.29, 1.82) is 0 Å². The molecule has 30 heavy (non-hydrogen) atoms. The summed E-state index contributed by atoms with van der Waals surface area (Å²) < 4.78 is 5.54. The first kappa shape index (κ1) is 19.8. The zero-order valence-electron chi connectivity index (χ0n) is 17.1. The lowest BCUT2D eigenvalue weighted by atomic mass is 9.96. The number of amides is 2. The Kier molecular flexibility index (Phi) is 5.61. The van der Waals surface area contributed by atoms with E-state index in [0.717, 1.165) is 24.0 Å². The van der Waals surface area contributed by atoms with E-state index in [-0.39, 0.29) is 17.7 Å². The number of benzene rings is 2. The average molecular weight is 404 g/mol. The van der Waals surface area contributed by atoms with Gasteiger partial charge in [-0.1, -0.05) is 35.5 Å². The molecule has 0 saturated carbocycles. The van der Waals surface area contributed by atoms with Crippen LogP contribution in [0.25, 0.3) is 11.4 Å². The van der Waals surface area contributed by atoms with Gasteiger partial charge in [-0.25, -0.2) is 0 Å². The predicted molar refractivity (Wildman–Crippen MR) is 113 cm³/mol. The van der Waals surface area contributed by atoms with Crippen LogP contribution in [0, 0.1) is 6.92 Å². The van der Waals surface area contributed by atoms with Crippen LogP contribution in [0.5, 0.6) is 0 Å². The number of hydrogen-bond acceptors (Lipinski definition) is 5. The minimum absolute atomic E-state index is 0.0354. The maximum atomic E-state index is 12.9. The van der Waals surface area contributed by atoms with Gasteiger partial charge in [0.05, 0.1) is 0 Å². The van der Waals surface area contributed by atoms with E-state index in [9.17, 15) is 9.59 Å². The molecule has 4 rings (SSSR count). The number of aromatic nitrogens is 2. The first-order valence-corrected chi connectivity index (χ1v) is 10.1. The number of carbonyl (C=O) groups excluding carboxylic acids is 2. The van der Waals surface area contributed by atoms with Gasteiger partial charge < -0.3 is 14.7 Å². The molecule has 1 fully saturated rings. The van der Waals surface area contributed by atoms with Crippen LogP contribution < -0.4 is 5.32 Å². The van der Waals surface area contributed by atoms with Crippen molar-refractivity contribution >= 4 is 17.5 Å². The Morgan fingerprint density at radius 2 is 1.87 bits per heavy atom. The predicted octanol–water partition coefficient (Wildman–Crippen LogP) is 4.02. The molecule has 0 unspecified atom stereocenters. The molecule has 0 aliphatic carbocycles. The summed E-state index contributed by atoms with van der Waals surface area (Å²) >= 11 is 0. The van der Waals surface area contributed by atoms with Gasteiger partial charge in [0.15, 0.2) is 0 Å². The van der Waals surface area contributed by atoms with Crippen molar-refractivity contribution in [3.05, 3.63) is 65.5 Å². The fourth-order valence-corrected chi connectivity index (χ4v) is 3.78. The summed E-state index contributed by atoms with van der Waals surface area (Å²) in [5.74, 6) is 1.19. The Balaban J connectivity index is 1.40. The molecule has 0 spiro atoms. The monoisotopic (exact) mass is 404 g/mol. The zero-order chi connectivity index (χ0) is 21.1. The van der Waals surface area contributed by atoms with E-state index in [1.165, 1.54) is 6.92 Å². The quantitative estimate of drug-likeness (QED) is 0.709. The lowest BCUT2D eigenvalue weighted by Gasteiger charge is -2.30. The third kappa shape index (κ3) is 4.25. The third-order valence-corrected chi connectivity index (χ3v) is 5.39.